The fourth-order valence-electron chi connectivity index (χ4n) is 3.52. The van der Waals surface area contributed by atoms with Crippen molar-refractivity contribution in [1.29, 1.82) is 0 Å². The molecular formula is C21H27N5. The van der Waals surface area contributed by atoms with Crippen LogP contribution in [0.5, 0.6) is 0 Å². The zero-order valence-corrected chi connectivity index (χ0v) is 15.1. The zero-order chi connectivity index (χ0) is 17.6. The lowest BCUT2D eigenvalue weighted by molar-refractivity contribution is 0.566. The van der Waals surface area contributed by atoms with Crippen LogP contribution in [-0.4, -0.2) is 44.3 Å². The molecule has 0 fully saturated rings. The second-order valence-electron chi connectivity index (χ2n) is 6.82. The van der Waals surface area contributed by atoms with E-state index in [4.69, 9.17) is 4.98 Å². The Labute approximate surface area is 154 Å². The number of nitrogens with one attached hydrogen (secondary N) is 4. The van der Waals surface area contributed by atoms with E-state index in [1.54, 1.807) is 0 Å². The molecule has 26 heavy (non-hydrogen) atoms. The first-order chi connectivity index (χ1) is 12.9. The second kappa shape index (κ2) is 8.56. The Morgan fingerprint density at radius 3 is 1.54 bits per heavy atom. The van der Waals surface area contributed by atoms with Gasteiger partial charge in [-0.25, -0.2) is 4.98 Å². The van der Waals surface area contributed by atoms with Gasteiger partial charge in [-0.2, -0.15) is 0 Å². The number of rotatable bonds is 0. The van der Waals surface area contributed by atoms with Gasteiger partial charge in [0.05, 0.1) is 11.0 Å². The third-order valence-electron chi connectivity index (χ3n) is 4.90. The number of benzene rings is 2. The van der Waals surface area contributed by atoms with Gasteiger partial charge in [-0.05, 0) is 17.2 Å². The minimum absolute atomic E-state index is 0.843. The van der Waals surface area contributed by atoms with Gasteiger partial charge in [0.15, 0.2) is 0 Å². The van der Waals surface area contributed by atoms with Crippen molar-refractivity contribution in [3.8, 4) is 0 Å². The van der Waals surface area contributed by atoms with Crippen LogP contribution in [0.15, 0.2) is 42.5 Å². The maximum Gasteiger partial charge on any atom is 0.0754 e. The summed E-state index contributed by atoms with van der Waals surface area (Å²) in [5.74, 6) is 0. The van der Waals surface area contributed by atoms with E-state index in [0.717, 1.165) is 63.4 Å². The van der Waals surface area contributed by atoms with Crippen LogP contribution >= 0.6 is 0 Å². The summed E-state index contributed by atoms with van der Waals surface area (Å²) in [4.78, 5) is 5.08. The average molecular weight is 349 g/mol. The molecular weight excluding hydrogens is 322 g/mol. The molecule has 3 aromatic rings. The number of para-hydroxylation sites is 2. The Balaban J connectivity index is 1.70. The molecule has 2 heterocycles. The van der Waals surface area contributed by atoms with Crippen LogP contribution in [0, 0.1) is 0 Å². The van der Waals surface area contributed by atoms with E-state index >= 15 is 0 Å². The van der Waals surface area contributed by atoms with Gasteiger partial charge in [0.25, 0.3) is 0 Å². The van der Waals surface area contributed by atoms with E-state index < -0.39 is 0 Å². The van der Waals surface area contributed by atoms with E-state index in [1.165, 1.54) is 21.9 Å². The van der Waals surface area contributed by atoms with Crippen LogP contribution in [0.4, 0.5) is 0 Å². The van der Waals surface area contributed by atoms with E-state index in [1.807, 2.05) is 0 Å². The van der Waals surface area contributed by atoms with Crippen LogP contribution in [-0.2, 0) is 13.1 Å². The van der Waals surface area contributed by atoms with Gasteiger partial charge < -0.3 is 21.3 Å². The third-order valence-corrected chi connectivity index (χ3v) is 4.90. The molecule has 5 heteroatoms. The smallest absolute Gasteiger partial charge is 0.0754 e. The monoisotopic (exact) mass is 349 g/mol. The summed E-state index contributed by atoms with van der Waals surface area (Å²) in [5, 5.41) is 16.4. The topological polar surface area (TPSA) is 61.0 Å². The summed E-state index contributed by atoms with van der Waals surface area (Å²) in [7, 11) is 0. The largest absolute Gasteiger partial charge is 0.314 e. The van der Waals surface area contributed by atoms with Crippen molar-refractivity contribution in [1.82, 2.24) is 26.3 Å². The molecule has 1 aliphatic rings. The van der Waals surface area contributed by atoms with Crippen LogP contribution in [0.25, 0.3) is 21.8 Å². The number of aromatic nitrogens is 1. The first kappa shape index (κ1) is 17.4. The Kier molecular flexibility index (Phi) is 5.72. The molecule has 0 unspecified atom stereocenters. The van der Waals surface area contributed by atoms with Gasteiger partial charge in [0.1, 0.15) is 0 Å². The van der Waals surface area contributed by atoms with E-state index in [2.05, 4.69) is 63.7 Å². The standard InChI is InChI=1S/C21H27N5/c1-3-16-13-17-4-2-6-19-15-25-12-10-23-8-7-22-9-11-24-14-18(5-1)20(16)26-21(17)19/h1-6,13,22-25H,7-12,14-15H2. The van der Waals surface area contributed by atoms with Gasteiger partial charge in [-0.15, -0.1) is 0 Å². The van der Waals surface area contributed by atoms with E-state index in [9.17, 15) is 0 Å². The van der Waals surface area contributed by atoms with Crippen molar-refractivity contribution in [3.63, 3.8) is 0 Å². The second-order valence-corrected chi connectivity index (χ2v) is 6.82. The normalized spacial score (nSPS) is 17.7. The maximum absolute atomic E-state index is 5.08. The average Bonchev–Trinajstić information content (AvgIpc) is 2.67. The van der Waals surface area contributed by atoms with Crippen molar-refractivity contribution < 1.29 is 0 Å². The molecule has 4 N–H and O–H groups in total. The SMILES string of the molecule is c1cc2c3nc4c(cccc4cc3c1)CNCCNCCNCCNC2. The number of hydrogen-bond donors (Lipinski definition) is 4. The first-order valence-corrected chi connectivity index (χ1v) is 9.55. The van der Waals surface area contributed by atoms with Gasteiger partial charge in [-0.3, -0.25) is 0 Å². The number of hydrogen-bond acceptors (Lipinski definition) is 5. The van der Waals surface area contributed by atoms with E-state index in [0.29, 0.717) is 0 Å². The fraction of sp³-hybridized carbons (Fsp3) is 0.381. The van der Waals surface area contributed by atoms with Gasteiger partial charge >= 0.3 is 0 Å². The van der Waals surface area contributed by atoms with Crippen LogP contribution in [0.3, 0.4) is 0 Å². The quantitative estimate of drug-likeness (QED) is 0.466. The third kappa shape index (κ3) is 4.02. The lowest BCUT2D eigenvalue weighted by Crippen LogP contribution is -2.34. The number of pyridine rings is 1. The summed E-state index contributed by atoms with van der Waals surface area (Å²) < 4.78 is 0. The molecule has 5 nitrogen and oxygen atoms in total. The van der Waals surface area contributed by atoms with Crippen molar-refractivity contribution >= 4 is 21.8 Å². The molecule has 0 spiro atoms. The van der Waals surface area contributed by atoms with Gasteiger partial charge in [0.2, 0.25) is 0 Å². The molecule has 1 aliphatic heterocycles. The highest BCUT2D eigenvalue weighted by Gasteiger charge is 2.08. The predicted octanol–water partition coefficient (Wildman–Crippen LogP) is 1.76. The Morgan fingerprint density at radius 2 is 1.04 bits per heavy atom. The fourth-order valence-corrected chi connectivity index (χ4v) is 3.52. The minimum Gasteiger partial charge on any atom is -0.314 e. The van der Waals surface area contributed by atoms with Gasteiger partial charge in [0, 0.05) is 63.1 Å². The highest BCUT2D eigenvalue weighted by atomic mass is 15.0. The number of nitrogens with zero attached hydrogens (tertiary/aromatic N) is 1. The summed E-state index contributed by atoms with van der Waals surface area (Å²) in [6.07, 6.45) is 0. The summed E-state index contributed by atoms with van der Waals surface area (Å²) in [6.45, 7) is 7.55. The summed E-state index contributed by atoms with van der Waals surface area (Å²) in [6, 6.07) is 15.2. The van der Waals surface area contributed by atoms with Crippen molar-refractivity contribution in [3.05, 3.63) is 53.6 Å². The van der Waals surface area contributed by atoms with Crippen LogP contribution in [0.1, 0.15) is 11.1 Å². The molecule has 0 radical (unpaired) electrons. The summed E-state index contributed by atoms with van der Waals surface area (Å²) >= 11 is 0. The highest BCUT2D eigenvalue weighted by Crippen LogP contribution is 2.24. The van der Waals surface area contributed by atoms with Gasteiger partial charge in [-0.1, -0.05) is 36.4 Å². The minimum atomic E-state index is 0.843. The lowest BCUT2D eigenvalue weighted by Gasteiger charge is -2.11. The molecule has 0 atom stereocenters. The van der Waals surface area contributed by atoms with E-state index in [-0.39, 0.29) is 0 Å². The Hall–Kier alpha value is -2.05. The Morgan fingerprint density at radius 1 is 0.577 bits per heavy atom. The van der Waals surface area contributed by atoms with Crippen molar-refractivity contribution in [2.45, 2.75) is 13.1 Å². The zero-order valence-electron chi connectivity index (χ0n) is 15.1. The molecule has 136 valence electrons. The molecule has 0 saturated carbocycles. The van der Waals surface area contributed by atoms with Crippen molar-refractivity contribution in [2.24, 2.45) is 0 Å². The Bertz CT molecular complexity index is 808. The molecule has 2 aromatic carbocycles. The predicted molar refractivity (Wildman–Crippen MR) is 108 cm³/mol. The van der Waals surface area contributed by atoms with Crippen molar-refractivity contribution in [2.75, 3.05) is 39.3 Å². The maximum atomic E-state index is 5.08. The molecule has 0 saturated heterocycles. The molecule has 1 aromatic heterocycles. The molecule has 2 bridgehead atoms. The molecule has 0 amide bonds. The summed E-state index contributed by atoms with van der Waals surface area (Å²) in [5.41, 5.74) is 4.74. The van der Waals surface area contributed by atoms with Crippen LogP contribution in [0.2, 0.25) is 0 Å². The molecule has 4 rings (SSSR count). The lowest BCUT2D eigenvalue weighted by atomic mass is 10.0. The first-order valence-electron chi connectivity index (χ1n) is 9.55. The van der Waals surface area contributed by atoms with Crippen LogP contribution < -0.4 is 21.3 Å². The highest BCUT2D eigenvalue weighted by molar-refractivity contribution is 5.95. The molecule has 0 aliphatic carbocycles.